The van der Waals surface area contributed by atoms with Gasteiger partial charge in [0.25, 0.3) is 0 Å². The first-order valence-electron chi connectivity index (χ1n) is 6.81. The highest BCUT2D eigenvalue weighted by Gasteiger charge is 2.43. The zero-order valence-electron chi connectivity index (χ0n) is 11.0. The third-order valence-electron chi connectivity index (χ3n) is 4.23. The van der Waals surface area contributed by atoms with Gasteiger partial charge in [-0.15, -0.1) is 0 Å². The Balaban J connectivity index is 1.85. The first kappa shape index (κ1) is 11.0. The van der Waals surface area contributed by atoms with Crippen LogP contribution in [0.15, 0.2) is 60.7 Å². The Morgan fingerprint density at radius 1 is 1.00 bits per heavy atom. The first-order chi connectivity index (χ1) is 9.26. The van der Waals surface area contributed by atoms with E-state index in [4.69, 9.17) is 4.74 Å². The van der Waals surface area contributed by atoms with Gasteiger partial charge in [-0.05, 0) is 35.3 Å². The second kappa shape index (κ2) is 3.82. The van der Waals surface area contributed by atoms with Gasteiger partial charge in [-0.25, -0.2) is 0 Å². The molecule has 2 bridgehead atoms. The van der Waals surface area contributed by atoms with Gasteiger partial charge in [0, 0.05) is 6.42 Å². The molecule has 4 rings (SSSR count). The van der Waals surface area contributed by atoms with Crippen LogP contribution in [0.2, 0.25) is 0 Å². The summed E-state index contributed by atoms with van der Waals surface area (Å²) in [5.74, 6) is 0. The van der Waals surface area contributed by atoms with E-state index in [-0.39, 0.29) is 11.7 Å². The monoisotopic (exact) mass is 248 g/mol. The molecule has 2 atom stereocenters. The van der Waals surface area contributed by atoms with Crippen LogP contribution in [0, 0.1) is 0 Å². The van der Waals surface area contributed by atoms with Crippen LogP contribution in [0.4, 0.5) is 0 Å². The van der Waals surface area contributed by atoms with Crippen molar-refractivity contribution in [1.29, 1.82) is 0 Å². The number of benzene rings is 2. The molecule has 2 heterocycles. The summed E-state index contributed by atoms with van der Waals surface area (Å²) in [4.78, 5) is 0. The molecule has 0 aromatic heterocycles. The molecule has 2 aliphatic heterocycles. The molecule has 0 N–H and O–H groups in total. The molecule has 0 radical (unpaired) electrons. The van der Waals surface area contributed by atoms with Crippen molar-refractivity contribution in [3.8, 4) is 0 Å². The molecule has 0 amide bonds. The Labute approximate surface area is 113 Å². The topological polar surface area (TPSA) is 9.23 Å². The van der Waals surface area contributed by atoms with Crippen LogP contribution in [0.3, 0.4) is 0 Å². The molecule has 0 spiro atoms. The lowest BCUT2D eigenvalue weighted by atomic mass is 9.92. The van der Waals surface area contributed by atoms with Crippen molar-refractivity contribution in [3.05, 3.63) is 77.4 Å². The molecule has 2 aliphatic rings. The lowest BCUT2D eigenvalue weighted by molar-refractivity contribution is -0.0365. The van der Waals surface area contributed by atoms with E-state index in [0.717, 1.165) is 6.42 Å². The number of fused-ring (bicyclic) bond motifs is 5. The average molecular weight is 248 g/mol. The smallest absolute Gasteiger partial charge is 0.110 e. The molecule has 0 fully saturated rings. The Kier molecular flexibility index (Phi) is 2.21. The SMILES string of the molecule is C[C@]12C=C(c3ccccc3)C[C@H](O1)c1ccccc12. The zero-order valence-corrected chi connectivity index (χ0v) is 11.0. The molecule has 19 heavy (non-hydrogen) atoms. The molecule has 94 valence electrons. The molecule has 2 aromatic carbocycles. The predicted molar refractivity (Wildman–Crippen MR) is 76.7 cm³/mol. The zero-order chi connectivity index (χ0) is 12.9. The van der Waals surface area contributed by atoms with Gasteiger partial charge in [0.2, 0.25) is 0 Å². The Hall–Kier alpha value is -1.86. The maximum absolute atomic E-state index is 6.23. The fourth-order valence-corrected chi connectivity index (χ4v) is 3.36. The lowest BCUT2D eigenvalue weighted by Gasteiger charge is -2.29. The van der Waals surface area contributed by atoms with Crippen LogP contribution in [-0.4, -0.2) is 0 Å². The number of hydrogen-bond donors (Lipinski definition) is 0. The largest absolute Gasteiger partial charge is 0.358 e. The minimum absolute atomic E-state index is 0.210. The average Bonchev–Trinajstić information content (AvgIpc) is 2.67. The van der Waals surface area contributed by atoms with Crippen LogP contribution >= 0.6 is 0 Å². The third kappa shape index (κ3) is 1.58. The fraction of sp³-hybridized carbons (Fsp3) is 0.222. The van der Waals surface area contributed by atoms with Crippen molar-refractivity contribution in [3.63, 3.8) is 0 Å². The summed E-state index contributed by atoms with van der Waals surface area (Å²) in [6.07, 6.45) is 3.47. The van der Waals surface area contributed by atoms with Crippen LogP contribution in [0.25, 0.3) is 5.57 Å². The summed E-state index contributed by atoms with van der Waals surface area (Å²) in [6.45, 7) is 2.17. The van der Waals surface area contributed by atoms with E-state index >= 15 is 0 Å². The van der Waals surface area contributed by atoms with E-state index in [1.165, 1.54) is 22.3 Å². The van der Waals surface area contributed by atoms with E-state index < -0.39 is 0 Å². The van der Waals surface area contributed by atoms with E-state index in [1.54, 1.807) is 0 Å². The summed E-state index contributed by atoms with van der Waals surface area (Å²) in [5.41, 5.74) is 5.13. The quantitative estimate of drug-likeness (QED) is 0.724. The van der Waals surface area contributed by atoms with Crippen molar-refractivity contribution in [2.75, 3.05) is 0 Å². The van der Waals surface area contributed by atoms with Crippen molar-refractivity contribution in [1.82, 2.24) is 0 Å². The number of hydrogen-bond acceptors (Lipinski definition) is 1. The van der Waals surface area contributed by atoms with Crippen molar-refractivity contribution in [2.45, 2.75) is 25.0 Å². The van der Waals surface area contributed by atoms with Gasteiger partial charge >= 0.3 is 0 Å². The highest BCUT2D eigenvalue weighted by molar-refractivity contribution is 5.70. The first-order valence-corrected chi connectivity index (χ1v) is 6.81. The van der Waals surface area contributed by atoms with Gasteiger partial charge < -0.3 is 4.74 Å². The molecule has 2 aromatic rings. The molecule has 0 saturated heterocycles. The van der Waals surface area contributed by atoms with Crippen molar-refractivity contribution >= 4 is 5.57 Å². The minimum Gasteiger partial charge on any atom is -0.358 e. The van der Waals surface area contributed by atoms with Gasteiger partial charge in [-0.1, -0.05) is 54.6 Å². The fourth-order valence-electron chi connectivity index (χ4n) is 3.36. The minimum atomic E-state index is -0.259. The maximum atomic E-state index is 6.23. The van der Waals surface area contributed by atoms with E-state index in [2.05, 4.69) is 67.6 Å². The summed E-state index contributed by atoms with van der Waals surface area (Å²) in [7, 11) is 0. The summed E-state index contributed by atoms with van der Waals surface area (Å²) in [6, 6.07) is 19.2. The summed E-state index contributed by atoms with van der Waals surface area (Å²) in [5, 5.41) is 0. The molecule has 0 saturated carbocycles. The highest BCUT2D eigenvalue weighted by Crippen LogP contribution is 2.52. The van der Waals surface area contributed by atoms with E-state index in [1.807, 2.05) is 0 Å². The third-order valence-corrected chi connectivity index (χ3v) is 4.23. The van der Waals surface area contributed by atoms with Crippen LogP contribution in [0.5, 0.6) is 0 Å². The Morgan fingerprint density at radius 2 is 1.74 bits per heavy atom. The van der Waals surface area contributed by atoms with Gasteiger partial charge in [0.15, 0.2) is 0 Å². The molecule has 0 unspecified atom stereocenters. The molecule has 0 aliphatic carbocycles. The maximum Gasteiger partial charge on any atom is 0.110 e. The van der Waals surface area contributed by atoms with Gasteiger partial charge in [0.05, 0.1) is 6.10 Å². The van der Waals surface area contributed by atoms with Crippen LogP contribution < -0.4 is 0 Å². The van der Waals surface area contributed by atoms with E-state index in [0.29, 0.717) is 0 Å². The van der Waals surface area contributed by atoms with Crippen molar-refractivity contribution < 1.29 is 4.74 Å². The second-order valence-electron chi connectivity index (χ2n) is 5.54. The molecular formula is C18H16O. The number of rotatable bonds is 1. The van der Waals surface area contributed by atoms with Gasteiger partial charge in [-0.3, -0.25) is 0 Å². The molecular weight excluding hydrogens is 232 g/mol. The van der Waals surface area contributed by atoms with E-state index in [9.17, 15) is 0 Å². The summed E-state index contributed by atoms with van der Waals surface area (Å²) >= 11 is 0. The second-order valence-corrected chi connectivity index (χ2v) is 5.54. The number of ether oxygens (including phenoxy) is 1. The Morgan fingerprint density at radius 3 is 2.58 bits per heavy atom. The highest BCUT2D eigenvalue weighted by atomic mass is 16.5. The summed E-state index contributed by atoms with van der Waals surface area (Å²) < 4.78 is 6.23. The van der Waals surface area contributed by atoms with Gasteiger partial charge in [-0.2, -0.15) is 0 Å². The predicted octanol–water partition coefficient (Wildman–Crippen LogP) is 4.46. The van der Waals surface area contributed by atoms with Crippen LogP contribution in [0.1, 0.15) is 36.1 Å². The Bertz CT molecular complexity index is 656. The normalized spacial score (nSPS) is 27.8. The standard InChI is InChI=1S/C18H16O/c1-18-12-14(13-7-3-2-4-8-13)11-17(19-18)15-9-5-6-10-16(15)18/h2-10,12,17H,11H2,1H3/t17-,18+/m0/s1. The van der Waals surface area contributed by atoms with Crippen molar-refractivity contribution in [2.24, 2.45) is 0 Å². The molecule has 1 heteroatoms. The lowest BCUT2D eigenvalue weighted by Crippen LogP contribution is -2.22. The van der Waals surface area contributed by atoms with Crippen LogP contribution in [-0.2, 0) is 10.3 Å². The van der Waals surface area contributed by atoms with Gasteiger partial charge in [0.1, 0.15) is 5.60 Å². The molecule has 1 nitrogen and oxygen atoms in total.